The standard InChI is InChI=1S/C20H14BrClF4N2O2/c21-10-5-13-16(17(28-19(13)30)12-7-11(23)1-2-14(12)22)15(6-10)27-18(29)8-3-9(4-8)20(24,25)26/h1-2,5-9,17H,3-4H2,(H,27,29)(H,28,30). The van der Waals surface area contributed by atoms with Gasteiger partial charge in [0.1, 0.15) is 5.82 Å². The van der Waals surface area contributed by atoms with E-state index in [1.807, 2.05) is 0 Å². The summed E-state index contributed by atoms with van der Waals surface area (Å²) in [5.74, 6) is -3.80. The van der Waals surface area contributed by atoms with Crippen LogP contribution in [0.1, 0.15) is 40.4 Å². The molecule has 1 saturated carbocycles. The van der Waals surface area contributed by atoms with Gasteiger partial charge in [-0.05, 0) is 43.2 Å². The first-order valence-corrected chi connectivity index (χ1v) is 10.2. The zero-order chi connectivity index (χ0) is 21.8. The first kappa shape index (κ1) is 21.1. The molecule has 1 unspecified atom stereocenters. The van der Waals surface area contributed by atoms with Crippen LogP contribution in [0.25, 0.3) is 0 Å². The Morgan fingerprint density at radius 1 is 1.20 bits per heavy atom. The minimum Gasteiger partial charge on any atom is -0.341 e. The molecule has 2 amide bonds. The number of nitrogens with one attached hydrogen (secondary N) is 2. The molecule has 2 aliphatic rings. The quantitative estimate of drug-likeness (QED) is 0.534. The molecule has 1 aliphatic heterocycles. The lowest BCUT2D eigenvalue weighted by Crippen LogP contribution is -2.41. The molecule has 2 aromatic rings. The van der Waals surface area contributed by atoms with E-state index in [1.165, 1.54) is 18.2 Å². The van der Waals surface area contributed by atoms with Gasteiger partial charge in [0.25, 0.3) is 5.91 Å². The van der Waals surface area contributed by atoms with E-state index >= 15 is 0 Å². The Bertz CT molecular complexity index is 1050. The van der Waals surface area contributed by atoms with E-state index in [9.17, 15) is 27.2 Å². The number of rotatable bonds is 3. The fourth-order valence-electron chi connectivity index (χ4n) is 3.80. The molecule has 158 valence electrons. The van der Waals surface area contributed by atoms with Gasteiger partial charge in [-0.1, -0.05) is 27.5 Å². The van der Waals surface area contributed by atoms with Crippen molar-refractivity contribution in [3.63, 3.8) is 0 Å². The second-order valence-corrected chi connectivity index (χ2v) is 8.71. The fourth-order valence-corrected chi connectivity index (χ4v) is 4.49. The van der Waals surface area contributed by atoms with Gasteiger partial charge in [-0.15, -0.1) is 0 Å². The summed E-state index contributed by atoms with van der Waals surface area (Å²) in [6, 6.07) is 6.02. The summed E-state index contributed by atoms with van der Waals surface area (Å²) in [6.07, 6.45) is -4.87. The van der Waals surface area contributed by atoms with Crippen LogP contribution in [0.4, 0.5) is 23.2 Å². The maximum absolute atomic E-state index is 13.8. The largest absolute Gasteiger partial charge is 0.391 e. The zero-order valence-electron chi connectivity index (χ0n) is 15.1. The number of alkyl halides is 3. The van der Waals surface area contributed by atoms with E-state index in [0.717, 1.165) is 0 Å². The van der Waals surface area contributed by atoms with Crippen LogP contribution in [0.2, 0.25) is 5.02 Å². The molecule has 2 N–H and O–H groups in total. The molecule has 0 aromatic heterocycles. The van der Waals surface area contributed by atoms with Crippen molar-refractivity contribution < 1.29 is 27.2 Å². The number of anilines is 1. The monoisotopic (exact) mass is 504 g/mol. The average Bonchev–Trinajstić information content (AvgIpc) is 2.91. The summed E-state index contributed by atoms with van der Waals surface area (Å²) >= 11 is 9.47. The van der Waals surface area contributed by atoms with E-state index in [0.29, 0.717) is 15.6 Å². The molecule has 0 bridgehead atoms. The molecule has 1 fully saturated rings. The number of amides is 2. The molecule has 0 saturated heterocycles. The van der Waals surface area contributed by atoms with Crippen molar-refractivity contribution in [2.45, 2.75) is 25.1 Å². The summed E-state index contributed by atoms with van der Waals surface area (Å²) in [4.78, 5) is 25.0. The van der Waals surface area contributed by atoms with Crippen LogP contribution in [-0.4, -0.2) is 18.0 Å². The predicted octanol–water partition coefficient (Wildman–Crippen LogP) is 5.60. The minimum atomic E-state index is -4.32. The van der Waals surface area contributed by atoms with E-state index in [4.69, 9.17) is 11.6 Å². The Hall–Kier alpha value is -2.13. The van der Waals surface area contributed by atoms with E-state index < -0.39 is 41.7 Å². The van der Waals surface area contributed by atoms with Crippen LogP contribution in [0.5, 0.6) is 0 Å². The molecule has 4 nitrogen and oxygen atoms in total. The van der Waals surface area contributed by atoms with Gasteiger partial charge in [-0.25, -0.2) is 4.39 Å². The van der Waals surface area contributed by atoms with Crippen LogP contribution in [0.3, 0.4) is 0 Å². The first-order chi connectivity index (χ1) is 14.0. The van der Waals surface area contributed by atoms with Crippen LogP contribution in [-0.2, 0) is 4.79 Å². The lowest BCUT2D eigenvalue weighted by molar-refractivity contribution is -0.203. The number of carbonyl (C=O) groups excluding carboxylic acids is 2. The van der Waals surface area contributed by atoms with Crippen LogP contribution in [0, 0.1) is 17.7 Å². The summed E-state index contributed by atoms with van der Waals surface area (Å²) in [6.45, 7) is 0. The van der Waals surface area contributed by atoms with Gasteiger partial charge in [0.15, 0.2) is 0 Å². The molecule has 30 heavy (non-hydrogen) atoms. The highest BCUT2D eigenvalue weighted by Gasteiger charge is 2.50. The lowest BCUT2D eigenvalue weighted by atomic mass is 9.74. The molecular formula is C20H14BrClF4N2O2. The molecule has 1 aliphatic carbocycles. The average molecular weight is 506 g/mol. The third-order valence-corrected chi connectivity index (χ3v) is 6.25. The Labute approximate surface area is 182 Å². The van der Waals surface area contributed by atoms with Gasteiger partial charge in [0.05, 0.1) is 12.0 Å². The first-order valence-electron chi connectivity index (χ1n) is 9.01. The third-order valence-electron chi connectivity index (χ3n) is 5.45. The van der Waals surface area contributed by atoms with Crippen molar-refractivity contribution >= 4 is 45.0 Å². The number of benzene rings is 2. The van der Waals surface area contributed by atoms with Crippen molar-refractivity contribution in [1.82, 2.24) is 5.32 Å². The molecule has 0 radical (unpaired) electrons. The highest BCUT2D eigenvalue weighted by Crippen LogP contribution is 2.46. The van der Waals surface area contributed by atoms with Gasteiger partial charge in [-0.3, -0.25) is 9.59 Å². The molecule has 1 heterocycles. The van der Waals surface area contributed by atoms with Gasteiger partial charge >= 0.3 is 6.18 Å². The SMILES string of the molecule is O=C1NC(c2cc(F)ccc2Cl)c2c(NC(=O)C3CC(C(F)(F)F)C3)cc(Br)cc21. The van der Waals surface area contributed by atoms with Crippen LogP contribution < -0.4 is 10.6 Å². The molecular weight excluding hydrogens is 492 g/mol. The van der Waals surface area contributed by atoms with Gasteiger partial charge in [0, 0.05) is 37.8 Å². The molecule has 2 aromatic carbocycles. The van der Waals surface area contributed by atoms with Crippen LogP contribution >= 0.6 is 27.5 Å². The number of hydrogen-bond acceptors (Lipinski definition) is 2. The molecule has 4 rings (SSSR count). The molecule has 0 spiro atoms. The van der Waals surface area contributed by atoms with Gasteiger partial charge < -0.3 is 10.6 Å². The Morgan fingerprint density at radius 3 is 2.57 bits per heavy atom. The third kappa shape index (κ3) is 3.80. The second kappa shape index (κ2) is 7.53. The normalized spacial score (nSPS) is 22.9. The smallest absolute Gasteiger partial charge is 0.341 e. The van der Waals surface area contributed by atoms with E-state index in [1.54, 1.807) is 12.1 Å². The Morgan fingerprint density at radius 2 is 1.90 bits per heavy atom. The van der Waals surface area contributed by atoms with Crippen molar-refractivity contribution in [1.29, 1.82) is 0 Å². The fraction of sp³-hybridized carbons (Fsp3) is 0.300. The van der Waals surface area contributed by atoms with Crippen molar-refractivity contribution in [3.8, 4) is 0 Å². The number of carbonyl (C=O) groups is 2. The minimum absolute atomic E-state index is 0.224. The van der Waals surface area contributed by atoms with Gasteiger partial charge in [0.2, 0.25) is 5.91 Å². The Kier molecular flexibility index (Phi) is 5.30. The number of halogens is 6. The maximum Gasteiger partial charge on any atom is 0.391 e. The lowest BCUT2D eigenvalue weighted by Gasteiger charge is -2.35. The number of fused-ring (bicyclic) bond motifs is 1. The summed E-state index contributed by atoms with van der Waals surface area (Å²) < 4.78 is 52.5. The molecule has 1 atom stereocenters. The second-order valence-electron chi connectivity index (χ2n) is 7.38. The highest BCUT2D eigenvalue weighted by atomic mass is 79.9. The number of hydrogen-bond donors (Lipinski definition) is 2. The summed E-state index contributed by atoms with van der Waals surface area (Å²) in [7, 11) is 0. The van der Waals surface area contributed by atoms with Crippen LogP contribution in [0.15, 0.2) is 34.8 Å². The van der Waals surface area contributed by atoms with Gasteiger partial charge in [-0.2, -0.15) is 13.2 Å². The van der Waals surface area contributed by atoms with E-state index in [2.05, 4.69) is 26.6 Å². The van der Waals surface area contributed by atoms with Crippen molar-refractivity contribution in [2.24, 2.45) is 11.8 Å². The highest BCUT2D eigenvalue weighted by molar-refractivity contribution is 9.10. The van der Waals surface area contributed by atoms with Crippen molar-refractivity contribution in [3.05, 3.63) is 62.3 Å². The molecule has 10 heteroatoms. The van der Waals surface area contributed by atoms with Crippen molar-refractivity contribution in [2.75, 3.05) is 5.32 Å². The predicted molar refractivity (Wildman–Crippen MR) is 106 cm³/mol. The topological polar surface area (TPSA) is 58.2 Å². The summed E-state index contributed by atoms with van der Waals surface area (Å²) in [5.41, 5.74) is 1.20. The zero-order valence-corrected chi connectivity index (χ0v) is 17.5. The van der Waals surface area contributed by atoms with E-state index in [-0.39, 0.29) is 29.1 Å². The Balaban J connectivity index is 1.66. The maximum atomic E-state index is 13.8. The summed E-state index contributed by atoms with van der Waals surface area (Å²) in [5, 5.41) is 5.59.